The van der Waals surface area contributed by atoms with Crippen LogP contribution in [0.15, 0.2) is 48.4 Å². The second-order valence-corrected chi connectivity index (χ2v) is 9.46. The number of hydrogen-bond donors (Lipinski definition) is 3. The van der Waals surface area contributed by atoms with Crippen molar-refractivity contribution in [3.8, 4) is 0 Å². The molecule has 2 atom stereocenters. The number of allylic oxidation sites excluding steroid dienone is 2. The third kappa shape index (κ3) is 7.20. The van der Waals surface area contributed by atoms with E-state index in [1.807, 2.05) is 12.1 Å². The second-order valence-electron chi connectivity index (χ2n) is 9.46. The molecule has 1 aromatic heterocycles. The van der Waals surface area contributed by atoms with Gasteiger partial charge in [-0.1, -0.05) is 12.1 Å². The van der Waals surface area contributed by atoms with Crippen molar-refractivity contribution in [3.63, 3.8) is 0 Å². The molecule has 2 saturated heterocycles. The van der Waals surface area contributed by atoms with Gasteiger partial charge in [-0.05, 0) is 44.0 Å². The highest BCUT2D eigenvalue weighted by Gasteiger charge is 2.33. The summed E-state index contributed by atoms with van der Waals surface area (Å²) in [5.74, 6) is 0.272. The lowest BCUT2D eigenvalue weighted by Gasteiger charge is -2.35. The summed E-state index contributed by atoms with van der Waals surface area (Å²) in [6.07, 6.45) is 1.43. The van der Waals surface area contributed by atoms with Gasteiger partial charge in [0.2, 0.25) is 0 Å². The fourth-order valence-corrected chi connectivity index (χ4v) is 4.39. The van der Waals surface area contributed by atoms with Crippen molar-refractivity contribution in [1.82, 2.24) is 14.8 Å². The van der Waals surface area contributed by atoms with Crippen molar-refractivity contribution in [2.24, 2.45) is 5.73 Å². The molecule has 10 nitrogen and oxygen atoms in total. The molecule has 2 amide bonds. The number of hydrogen-bond acceptors (Lipinski definition) is 8. The van der Waals surface area contributed by atoms with Crippen molar-refractivity contribution < 1.29 is 23.5 Å². The van der Waals surface area contributed by atoms with E-state index in [2.05, 4.69) is 32.7 Å². The van der Waals surface area contributed by atoms with Crippen LogP contribution in [0, 0.1) is 0 Å². The minimum Gasteiger partial charge on any atom is -0.415 e. The standard InChI is InChI=1S/C27H35FN6O4/c1-3-18(2)38-27(36)34-9-8-23(22(28)17-34)32-24-14-25(30-15-21(24)26(29)35)31-20-6-4-19(5-7-20)16-33-10-12-37-13-11-33/h3-7,14-15,22-23H,8-13,16-17H2,1-2H3,(H2,29,35)(H2,30,31,32)/b18-3+/t22-,23+/m0/s1. The van der Waals surface area contributed by atoms with Gasteiger partial charge in [0.15, 0.2) is 0 Å². The van der Waals surface area contributed by atoms with Gasteiger partial charge in [0.25, 0.3) is 5.91 Å². The van der Waals surface area contributed by atoms with Crippen molar-refractivity contribution in [2.75, 3.05) is 50.0 Å². The molecule has 1 aromatic carbocycles. The maximum absolute atomic E-state index is 15.1. The maximum atomic E-state index is 15.1. The Hall–Kier alpha value is -3.70. The van der Waals surface area contributed by atoms with Crippen LogP contribution >= 0.6 is 0 Å². The first-order chi connectivity index (χ1) is 18.3. The van der Waals surface area contributed by atoms with E-state index >= 15 is 4.39 Å². The average Bonchev–Trinajstić information content (AvgIpc) is 2.91. The zero-order valence-corrected chi connectivity index (χ0v) is 21.8. The Balaban J connectivity index is 1.40. The van der Waals surface area contributed by atoms with Crippen LogP contribution in [0.5, 0.6) is 0 Å². The monoisotopic (exact) mass is 526 g/mol. The number of alkyl halides is 1. The van der Waals surface area contributed by atoms with E-state index < -0.39 is 24.2 Å². The Morgan fingerprint density at radius 2 is 1.97 bits per heavy atom. The van der Waals surface area contributed by atoms with Crippen molar-refractivity contribution in [2.45, 2.75) is 39.0 Å². The first-order valence-electron chi connectivity index (χ1n) is 12.8. The van der Waals surface area contributed by atoms with Crippen molar-refractivity contribution >= 4 is 29.2 Å². The summed E-state index contributed by atoms with van der Waals surface area (Å²) in [4.78, 5) is 32.3. The molecule has 0 spiro atoms. The Kier molecular flexibility index (Phi) is 9.14. The number of piperidine rings is 1. The fourth-order valence-electron chi connectivity index (χ4n) is 4.39. The van der Waals surface area contributed by atoms with Gasteiger partial charge < -0.3 is 30.7 Å². The largest absolute Gasteiger partial charge is 0.415 e. The predicted molar refractivity (Wildman–Crippen MR) is 143 cm³/mol. The van der Waals surface area contributed by atoms with E-state index in [9.17, 15) is 9.59 Å². The molecule has 0 bridgehead atoms. The number of ether oxygens (including phenoxy) is 2. The molecule has 2 aromatic rings. The van der Waals surface area contributed by atoms with Crippen LogP contribution in [0.4, 0.5) is 26.4 Å². The highest BCUT2D eigenvalue weighted by molar-refractivity contribution is 5.98. The quantitative estimate of drug-likeness (QED) is 0.446. The van der Waals surface area contributed by atoms with Gasteiger partial charge in [0.1, 0.15) is 17.7 Å². The minimum atomic E-state index is -1.37. The maximum Gasteiger partial charge on any atom is 0.414 e. The van der Waals surface area contributed by atoms with E-state index in [0.29, 0.717) is 30.2 Å². The van der Waals surface area contributed by atoms with Crippen molar-refractivity contribution in [1.29, 1.82) is 0 Å². The molecule has 2 aliphatic rings. The number of aromatic nitrogens is 1. The summed E-state index contributed by atoms with van der Waals surface area (Å²) in [7, 11) is 0. The van der Waals surface area contributed by atoms with Gasteiger partial charge >= 0.3 is 6.09 Å². The van der Waals surface area contributed by atoms with Crippen LogP contribution in [0.2, 0.25) is 0 Å². The summed E-state index contributed by atoms with van der Waals surface area (Å²) in [6.45, 7) is 7.83. The predicted octanol–water partition coefficient (Wildman–Crippen LogP) is 3.64. The number of likely N-dealkylation sites (tertiary alicyclic amines) is 1. The molecule has 4 N–H and O–H groups in total. The molecule has 38 heavy (non-hydrogen) atoms. The Morgan fingerprint density at radius 1 is 1.24 bits per heavy atom. The Bertz CT molecular complexity index is 1150. The number of nitrogens with two attached hydrogens (primary N) is 1. The van der Waals surface area contributed by atoms with E-state index in [1.54, 1.807) is 26.0 Å². The molecule has 0 unspecified atom stereocenters. The summed E-state index contributed by atoms with van der Waals surface area (Å²) in [5.41, 5.74) is 8.12. The molecular formula is C27H35FN6O4. The minimum absolute atomic E-state index is 0.119. The van der Waals surface area contributed by atoms with Gasteiger partial charge in [-0.15, -0.1) is 0 Å². The van der Waals surface area contributed by atoms with E-state index in [-0.39, 0.29) is 12.1 Å². The second kappa shape index (κ2) is 12.7. The number of anilines is 3. The summed E-state index contributed by atoms with van der Waals surface area (Å²) in [5, 5.41) is 6.34. The van der Waals surface area contributed by atoms with Crippen LogP contribution in [0.3, 0.4) is 0 Å². The van der Waals surface area contributed by atoms with Crippen LogP contribution in [0.1, 0.15) is 36.2 Å². The number of nitrogens with one attached hydrogen (secondary N) is 2. The molecular weight excluding hydrogens is 491 g/mol. The van der Waals surface area contributed by atoms with E-state index in [0.717, 1.165) is 38.5 Å². The number of carbonyl (C=O) groups excluding carboxylic acids is 2. The number of carbonyl (C=O) groups is 2. The summed E-state index contributed by atoms with van der Waals surface area (Å²) in [6, 6.07) is 9.07. The molecule has 2 fully saturated rings. The number of primary amides is 1. The lowest BCUT2D eigenvalue weighted by molar-refractivity contribution is 0.0342. The summed E-state index contributed by atoms with van der Waals surface area (Å²) < 4.78 is 25.7. The topological polar surface area (TPSA) is 122 Å². The smallest absolute Gasteiger partial charge is 0.414 e. The Morgan fingerprint density at radius 3 is 2.63 bits per heavy atom. The lowest BCUT2D eigenvalue weighted by atomic mass is 10.0. The number of rotatable bonds is 8. The van der Waals surface area contributed by atoms with Gasteiger partial charge in [0, 0.05) is 44.1 Å². The number of nitrogens with zero attached hydrogens (tertiary/aromatic N) is 3. The van der Waals surface area contributed by atoms with E-state index in [1.165, 1.54) is 16.7 Å². The fraction of sp³-hybridized carbons (Fsp3) is 0.444. The van der Waals surface area contributed by atoms with Gasteiger partial charge in [0.05, 0.1) is 37.1 Å². The van der Waals surface area contributed by atoms with E-state index in [4.69, 9.17) is 15.2 Å². The normalized spacial score (nSPS) is 20.6. The number of morpholine rings is 1. The zero-order chi connectivity index (χ0) is 27.1. The zero-order valence-electron chi connectivity index (χ0n) is 21.8. The lowest BCUT2D eigenvalue weighted by Crippen LogP contribution is -2.50. The molecule has 2 aliphatic heterocycles. The van der Waals surface area contributed by atoms with Gasteiger partial charge in [-0.2, -0.15) is 0 Å². The number of benzene rings is 1. The molecule has 4 rings (SSSR count). The third-order valence-corrected chi connectivity index (χ3v) is 6.70. The molecule has 0 saturated carbocycles. The number of pyridine rings is 1. The number of amides is 2. The van der Waals surface area contributed by atoms with Crippen LogP contribution in [-0.2, 0) is 16.0 Å². The average molecular weight is 527 g/mol. The molecule has 11 heteroatoms. The van der Waals surface area contributed by atoms with Crippen LogP contribution < -0.4 is 16.4 Å². The SMILES string of the molecule is C/C=C(\C)OC(=O)N1CC[C@@H](Nc2cc(Nc3ccc(CN4CCOCC4)cc3)ncc2C(N)=O)[C@@H](F)C1. The van der Waals surface area contributed by atoms with Crippen LogP contribution in [-0.4, -0.2) is 78.4 Å². The molecule has 0 radical (unpaired) electrons. The Labute approximate surface area is 222 Å². The molecule has 0 aliphatic carbocycles. The highest BCUT2D eigenvalue weighted by Crippen LogP contribution is 2.26. The number of halogens is 1. The first kappa shape index (κ1) is 27.3. The molecule has 204 valence electrons. The van der Waals surface area contributed by atoms with Crippen LogP contribution in [0.25, 0.3) is 0 Å². The van der Waals surface area contributed by atoms with Crippen molar-refractivity contribution in [3.05, 3.63) is 59.5 Å². The van der Waals surface area contributed by atoms with Gasteiger partial charge in [-0.25, -0.2) is 14.2 Å². The third-order valence-electron chi connectivity index (χ3n) is 6.70. The molecule has 3 heterocycles. The van der Waals surface area contributed by atoms with Gasteiger partial charge in [-0.3, -0.25) is 9.69 Å². The highest BCUT2D eigenvalue weighted by atomic mass is 19.1. The first-order valence-corrected chi connectivity index (χ1v) is 12.8. The summed E-state index contributed by atoms with van der Waals surface area (Å²) >= 11 is 0.